The average Bonchev–Trinajstić information content (AvgIpc) is 2.82. The van der Waals surface area contributed by atoms with Gasteiger partial charge < -0.3 is 10.4 Å². The molecule has 0 aliphatic carbocycles. The Morgan fingerprint density at radius 3 is 2.80 bits per heavy atom. The number of carbonyl (C=O) groups is 1. The van der Waals surface area contributed by atoms with Gasteiger partial charge in [-0.1, -0.05) is 12.1 Å². The summed E-state index contributed by atoms with van der Waals surface area (Å²) in [4.78, 5) is 13.6. The lowest BCUT2D eigenvalue weighted by Gasteiger charge is -2.13. The Morgan fingerprint density at radius 2 is 2.15 bits per heavy atom. The molecule has 4 heteroatoms. The van der Waals surface area contributed by atoms with Crippen molar-refractivity contribution in [2.75, 3.05) is 0 Å². The van der Waals surface area contributed by atoms with Crippen molar-refractivity contribution in [2.45, 2.75) is 32.9 Å². The van der Waals surface area contributed by atoms with Gasteiger partial charge in [-0.25, -0.2) is 4.79 Å². The molecule has 0 amide bonds. The van der Waals surface area contributed by atoms with E-state index in [-0.39, 0.29) is 0 Å². The van der Waals surface area contributed by atoms with Gasteiger partial charge in [0.15, 0.2) is 0 Å². The molecule has 1 aromatic carbocycles. The molecule has 2 rings (SSSR count). The third-order valence-corrected chi connectivity index (χ3v) is 4.15. The highest BCUT2D eigenvalue weighted by molar-refractivity contribution is 7.11. The van der Waals surface area contributed by atoms with E-state index in [1.165, 1.54) is 9.75 Å². The molecule has 3 nitrogen and oxygen atoms in total. The molecule has 0 spiro atoms. The van der Waals surface area contributed by atoms with E-state index in [4.69, 9.17) is 5.11 Å². The molecule has 0 aliphatic heterocycles. The molecule has 0 fully saturated rings. The Labute approximate surface area is 123 Å². The fourth-order valence-corrected chi connectivity index (χ4v) is 3.09. The molecule has 0 saturated heterocycles. The number of carboxylic acid groups (broad SMARTS) is 1. The zero-order valence-electron chi connectivity index (χ0n) is 11.7. The van der Waals surface area contributed by atoms with Crippen molar-refractivity contribution in [3.05, 3.63) is 57.3 Å². The summed E-state index contributed by atoms with van der Waals surface area (Å²) in [5, 5.41) is 12.4. The van der Waals surface area contributed by atoms with Crippen LogP contribution in [-0.4, -0.2) is 17.1 Å². The molecule has 20 heavy (non-hydrogen) atoms. The normalized spacial score (nSPS) is 12.3. The first kappa shape index (κ1) is 14.8. The molecule has 0 aliphatic rings. The van der Waals surface area contributed by atoms with Crippen LogP contribution in [0.15, 0.2) is 36.4 Å². The van der Waals surface area contributed by atoms with E-state index in [0.717, 1.165) is 12.0 Å². The van der Waals surface area contributed by atoms with Crippen LogP contribution in [0.2, 0.25) is 0 Å². The Kier molecular flexibility index (Phi) is 4.93. The number of hydrogen-bond acceptors (Lipinski definition) is 3. The van der Waals surface area contributed by atoms with Gasteiger partial charge >= 0.3 is 5.97 Å². The monoisotopic (exact) mass is 289 g/mol. The van der Waals surface area contributed by atoms with Crippen LogP contribution in [0.4, 0.5) is 0 Å². The van der Waals surface area contributed by atoms with E-state index >= 15 is 0 Å². The molecule has 1 atom stereocenters. The van der Waals surface area contributed by atoms with Crippen LogP contribution in [0.5, 0.6) is 0 Å². The molecule has 1 heterocycles. The van der Waals surface area contributed by atoms with Crippen molar-refractivity contribution < 1.29 is 9.90 Å². The van der Waals surface area contributed by atoms with E-state index < -0.39 is 5.97 Å². The lowest BCUT2D eigenvalue weighted by molar-refractivity contribution is 0.0696. The summed E-state index contributed by atoms with van der Waals surface area (Å²) in [5.74, 6) is -0.881. The second-order valence-corrected chi connectivity index (χ2v) is 6.38. The van der Waals surface area contributed by atoms with E-state index in [1.54, 1.807) is 18.2 Å². The SMILES string of the molecule is Cc1ccc(CC(C)NCc2cccc(C(=O)O)c2)s1. The Hall–Kier alpha value is -1.65. The first-order chi connectivity index (χ1) is 9.54. The Balaban J connectivity index is 1.88. The second-order valence-electron chi connectivity index (χ2n) is 5.00. The number of rotatable bonds is 6. The number of nitrogens with one attached hydrogen (secondary N) is 1. The Bertz CT molecular complexity index is 592. The third-order valence-electron chi connectivity index (χ3n) is 3.13. The molecule has 1 aromatic heterocycles. The van der Waals surface area contributed by atoms with Gasteiger partial charge in [0.25, 0.3) is 0 Å². The molecule has 0 saturated carbocycles. The number of hydrogen-bond donors (Lipinski definition) is 2. The van der Waals surface area contributed by atoms with Gasteiger partial charge in [-0.15, -0.1) is 11.3 Å². The van der Waals surface area contributed by atoms with Crippen molar-refractivity contribution >= 4 is 17.3 Å². The standard InChI is InChI=1S/C16H19NO2S/c1-11(8-15-7-6-12(2)20-15)17-10-13-4-3-5-14(9-13)16(18)19/h3-7,9,11,17H,8,10H2,1-2H3,(H,18,19). The van der Waals surface area contributed by atoms with Gasteiger partial charge in [-0.05, 0) is 50.1 Å². The van der Waals surface area contributed by atoms with Crippen molar-refractivity contribution in [3.8, 4) is 0 Å². The van der Waals surface area contributed by atoms with Crippen LogP contribution >= 0.6 is 11.3 Å². The summed E-state index contributed by atoms with van der Waals surface area (Å²) < 4.78 is 0. The van der Waals surface area contributed by atoms with Crippen LogP contribution in [0.25, 0.3) is 0 Å². The van der Waals surface area contributed by atoms with Crippen molar-refractivity contribution in [1.29, 1.82) is 0 Å². The van der Waals surface area contributed by atoms with Crippen molar-refractivity contribution in [2.24, 2.45) is 0 Å². The highest BCUT2D eigenvalue weighted by Crippen LogP contribution is 2.16. The van der Waals surface area contributed by atoms with Crippen molar-refractivity contribution in [3.63, 3.8) is 0 Å². The van der Waals surface area contributed by atoms with E-state index in [1.807, 2.05) is 17.4 Å². The van der Waals surface area contributed by atoms with Crippen LogP contribution in [-0.2, 0) is 13.0 Å². The summed E-state index contributed by atoms with van der Waals surface area (Å²) in [6, 6.07) is 11.7. The minimum absolute atomic E-state index is 0.339. The van der Waals surface area contributed by atoms with Gasteiger partial charge in [0.1, 0.15) is 0 Å². The largest absolute Gasteiger partial charge is 0.478 e. The van der Waals surface area contributed by atoms with Crippen LogP contribution < -0.4 is 5.32 Å². The highest BCUT2D eigenvalue weighted by Gasteiger charge is 2.07. The summed E-state index contributed by atoms with van der Waals surface area (Å²) >= 11 is 1.83. The number of carboxylic acids is 1. The topological polar surface area (TPSA) is 49.3 Å². The smallest absolute Gasteiger partial charge is 0.335 e. The zero-order valence-corrected chi connectivity index (χ0v) is 12.5. The quantitative estimate of drug-likeness (QED) is 0.856. The summed E-state index contributed by atoms with van der Waals surface area (Å²) in [5.41, 5.74) is 1.34. The molecule has 0 radical (unpaired) electrons. The number of aromatic carboxylic acids is 1. The van der Waals surface area contributed by atoms with E-state index in [9.17, 15) is 4.79 Å². The fourth-order valence-electron chi connectivity index (χ4n) is 2.08. The molecular formula is C16H19NO2S. The number of benzene rings is 1. The van der Waals surface area contributed by atoms with Gasteiger partial charge in [0.05, 0.1) is 5.56 Å². The predicted octanol–water partition coefficient (Wildman–Crippen LogP) is 3.48. The molecular weight excluding hydrogens is 270 g/mol. The number of thiophene rings is 1. The minimum Gasteiger partial charge on any atom is -0.478 e. The van der Waals surface area contributed by atoms with Gasteiger partial charge in [-0.3, -0.25) is 0 Å². The zero-order chi connectivity index (χ0) is 14.5. The predicted molar refractivity (Wildman–Crippen MR) is 82.5 cm³/mol. The summed E-state index contributed by atoms with van der Waals surface area (Å²) in [6.07, 6.45) is 0.997. The highest BCUT2D eigenvalue weighted by atomic mass is 32.1. The maximum absolute atomic E-state index is 10.9. The van der Waals surface area contributed by atoms with E-state index in [0.29, 0.717) is 18.2 Å². The Morgan fingerprint density at radius 1 is 1.35 bits per heavy atom. The van der Waals surface area contributed by atoms with Crippen LogP contribution in [0.1, 0.15) is 32.6 Å². The van der Waals surface area contributed by atoms with E-state index in [2.05, 4.69) is 31.3 Å². The maximum atomic E-state index is 10.9. The average molecular weight is 289 g/mol. The lowest BCUT2D eigenvalue weighted by atomic mass is 10.1. The fraction of sp³-hybridized carbons (Fsp3) is 0.312. The molecule has 2 aromatic rings. The van der Waals surface area contributed by atoms with Crippen LogP contribution in [0, 0.1) is 6.92 Å². The molecule has 1 unspecified atom stereocenters. The molecule has 2 N–H and O–H groups in total. The van der Waals surface area contributed by atoms with Crippen molar-refractivity contribution in [1.82, 2.24) is 5.32 Å². The maximum Gasteiger partial charge on any atom is 0.335 e. The first-order valence-corrected chi connectivity index (χ1v) is 7.47. The van der Waals surface area contributed by atoms with Gasteiger partial charge in [-0.2, -0.15) is 0 Å². The first-order valence-electron chi connectivity index (χ1n) is 6.65. The molecule has 0 bridgehead atoms. The minimum atomic E-state index is -0.881. The summed E-state index contributed by atoms with van der Waals surface area (Å²) in [6.45, 7) is 4.95. The molecule has 106 valence electrons. The van der Waals surface area contributed by atoms with Gasteiger partial charge in [0, 0.05) is 22.3 Å². The lowest BCUT2D eigenvalue weighted by Crippen LogP contribution is -2.27. The number of aryl methyl sites for hydroxylation is 1. The van der Waals surface area contributed by atoms with Crippen LogP contribution in [0.3, 0.4) is 0 Å². The third kappa shape index (κ3) is 4.18. The van der Waals surface area contributed by atoms with Gasteiger partial charge in [0.2, 0.25) is 0 Å². The second kappa shape index (κ2) is 6.68. The summed E-state index contributed by atoms with van der Waals surface area (Å²) in [7, 11) is 0.